The molecule has 1 aliphatic carbocycles. The summed E-state index contributed by atoms with van der Waals surface area (Å²) in [5, 5.41) is 10.9. The fourth-order valence-corrected chi connectivity index (χ4v) is 2.65. The van der Waals surface area contributed by atoms with Crippen LogP contribution in [0.25, 0.3) is 0 Å². The maximum Gasteiger partial charge on any atom is 0.330 e. The van der Waals surface area contributed by atoms with Crippen LogP contribution >= 0.6 is 15.9 Å². The van der Waals surface area contributed by atoms with Gasteiger partial charge in [-0.3, -0.25) is 15.1 Å². The predicted molar refractivity (Wildman–Crippen MR) is 69.4 cm³/mol. The third-order valence-electron chi connectivity index (χ3n) is 3.19. The van der Waals surface area contributed by atoms with Gasteiger partial charge in [0.15, 0.2) is 0 Å². The van der Waals surface area contributed by atoms with E-state index < -0.39 is 4.92 Å². The molecule has 18 heavy (non-hydrogen) atoms. The molecule has 0 radical (unpaired) electrons. The highest BCUT2D eigenvalue weighted by atomic mass is 79.9. The van der Waals surface area contributed by atoms with E-state index in [1.165, 1.54) is 12.4 Å². The lowest BCUT2D eigenvalue weighted by atomic mass is 10.1. The summed E-state index contributed by atoms with van der Waals surface area (Å²) in [6.45, 7) is 0.543. The van der Waals surface area contributed by atoms with Crippen LogP contribution in [-0.4, -0.2) is 22.6 Å². The van der Waals surface area contributed by atoms with Crippen molar-refractivity contribution in [1.82, 2.24) is 4.98 Å². The van der Waals surface area contributed by atoms with Crippen LogP contribution in [0.5, 0.6) is 5.75 Å². The Morgan fingerprint density at radius 3 is 3.00 bits per heavy atom. The van der Waals surface area contributed by atoms with E-state index in [4.69, 9.17) is 10.5 Å². The van der Waals surface area contributed by atoms with Gasteiger partial charge in [0, 0.05) is 12.1 Å². The zero-order valence-corrected chi connectivity index (χ0v) is 11.3. The van der Waals surface area contributed by atoms with E-state index in [2.05, 4.69) is 20.9 Å². The Balaban J connectivity index is 2.25. The average molecular weight is 316 g/mol. The second kappa shape index (κ2) is 5.62. The maximum atomic E-state index is 10.9. The molecule has 0 bridgehead atoms. The molecule has 2 unspecified atom stereocenters. The molecule has 98 valence electrons. The molecule has 2 N–H and O–H groups in total. The van der Waals surface area contributed by atoms with Gasteiger partial charge >= 0.3 is 5.69 Å². The van der Waals surface area contributed by atoms with Gasteiger partial charge in [-0.05, 0) is 41.7 Å². The van der Waals surface area contributed by atoms with Crippen molar-refractivity contribution in [2.24, 2.45) is 11.7 Å². The first-order valence-electron chi connectivity index (χ1n) is 5.78. The van der Waals surface area contributed by atoms with Crippen LogP contribution in [0.2, 0.25) is 0 Å². The Kier molecular flexibility index (Phi) is 4.13. The number of hydrogen-bond donors (Lipinski definition) is 1. The topological polar surface area (TPSA) is 91.3 Å². The van der Waals surface area contributed by atoms with Crippen molar-refractivity contribution in [3.63, 3.8) is 0 Å². The highest BCUT2D eigenvalue weighted by Gasteiger charge is 2.31. The normalized spacial score (nSPS) is 23.0. The lowest BCUT2D eigenvalue weighted by Crippen LogP contribution is -2.28. The first kappa shape index (κ1) is 13.2. The van der Waals surface area contributed by atoms with Gasteiger partial charge in [0.25, 0.3) is 0 Å². The molecule has 1 fully saturated rings. The van der Waals surface area contributed by atoms with Crippen molar-refractivity contribution >= 4 is 21.6 Å². The summed E-state index contributed by atoms with van der Waals surface area (Å²) in [6.07, 6.45) is 5.59. The van der Waals surface area contributed by atoms with Crippen LogP contribution in [0.15, 0.2) is 16.9 Å². The molecular weight excluding hydrogens is 302 g/mol. The number of ether oxygens (including phenoxy) is 1. The number of nitrogens with two attached hydrogens (primary N) is 1. The molecular formula is C11H14BrN3O3. The molecule has 2 atom stereocenters. The molecule has 6 nitrogen and oxygen atoms in total. The van der Waals surface area contributed by atoms with Crippen molar-refractivity contribution in [2.75, 3.05) is 6.54 Å². The van der Waals surface area contributed by atoms with Gasteiger partial charge in [-0.1, -0.05) is 0 Å². The fraction of sp³-hybridized carbons (Fsp3) is 0.545. The molecule has 1 heterocycles. The summed E-state index contributed by atoms with van der Waals surface area (Å²) in [6, 6.07) is 0. The number of aromatic nitrogens is 1. The molecule has 0 aliphatic heterocycles. The maximum absolute atomic E-state index is 10.9. The van der Waals surface area contributed by atoms with Crippen LogP contribution in [0.3, 0.4) is 0 Å². The van der Waals surface area contributed by atoms with E-state index in [1.54, 1.807) is 0 Å². The molecule has 0 amide bonds. The fourth-order valence-electron chi connectivity index (χ4n) is 2.24. The second-order valence-corrected chi connectivity index (χ2v) is 5.16. The van der Waals surface area contributed by atoms with Gasteiger partial charge in [0.2, 0.25) is 5.75 Å². The third kappa shape index (κ3) is 2.62. The highest BCUT2D eigenvalue weighted by Crippen LogP contribution is 2.37. The average Bonchev–Trinajstić information content (AvgIpc) is 2.78. The zero-order chi connectivity index (χ0) is 13.1. The van der Waals surface area contributed by atoms with Crippen LogP contribution in [0.1, 0.15) is 19.3 Å². The molecule has 0 spiro atoms. The Labute approximate surface area is 113 Å². The van der Waals surface area contributed by atoms with Crippen molar-refractivity contribution < 1.29 is 9.66 Å². The van der Waals surface area contributed by atoms with Crippen LogP contribution in [-0.2, 0) is 0 Å². The van der Waals surface area contributed by atoms with E-state index >= 15 is 0 Å². The minimum absolute atomic E-state index is 0.0487. The van der Waals surface area contributed by atoms with Crippen molar-refractivity contribution in [2.45, 2.75) is 25.4 Å². The number of pyridine rings is 1. The standard InChI is InChI=1S/C11H14BrN3O3/c12-8-5-14-6-9(15(16)17)11(8)18-10-3-1-2-7(10)4-13/h5-7,10H,1-4,13H2. The minimum Gasteiger partial charge on any atom is -0.482 e. The summed E-state index contributed by atoms with van der Waals surface area (Å²) >= 11 is 3.24. The summed E-state index contributed by atoms with van der Waals surface area (Å²) in [5.74, 6) is 0.519. The van der Waals surface area contributed by atoms with Gasteiger partial charge in [-0.2, -0.15) is 0 Å². The smallest absolute Gasteiger partial charge is 0.330 e. The first-order chi connectivity index (χ1) is 8.63. The van der Waals surface area contributed by atoms with Gasteiger partial charge in [-0.25, -0.2) is 0 Å². The first-order valence-corrected chi connectivity index (χ1v) is 6.57. The van der Waals surface area contributed by atoms with Gasteiger partial charge in [0.05, 0.1) is 9.40 Å². The second-order valence-electron chi connectivity index (χ2n) is 4.31. The number of halogens is 1. The summed E-state index contributed by atoms with van der Waals surface area (Å²) in [7, 11) is 0. The number of hydrogen-bond acceptors (Lipinski definition) is 5. The van der Waals surface area contributed by atoms with Gasteiger partial charge in [0.1, 0.15) is 12.3 Å². The number of nitro groups is 1. The predicted octanol–water partition coefficient (Wildman–Crippen LogP) is 2.26. The van der Waals surface area contributed by atoms with Gasteiger partial charge < -0.3 is 10.5 Å². The molecule has 2 rings (SSSR count). The summed E-state index contributed by atoms with van der Waals surface area (Å²) in [4.78, 5) is 14.2. The van der Waals surface area contributed by atoms with Crippen LogP contribution in [0, 0.1) is 16.0 Å². The molecule has 0 saturated heterocycles. The molecule has 1 saturated carbocycles. The highest BCUT2D eigenvalue weighted by molar-refractivity contribution is 9.10. The lowest BCUT2D eigenvalue weighted by Gasteiger charge is -2.20. The Bertz CT molecular complexity index is 455. The number of nitrogens with zero attached hydrogens (tertiary/aromatic N) is 2. The zero-order valence-electron chi connectivity index (χ0n) is 9.71. The van der Waals surface area contributed by atoms with Crippen molar-refractivity contribution in [3.8, 4) is 5.75 Å². The molecule has 1 aromatic heterocycles. The summed E-state index contributed by atoms with van der Waals surface area (Å²) in [5.41, 5.74) is 5.56. The van der Waals surface area contributed by atoms with E-state index in [0.29, 0.717) is 11.0 Å². The number of rotatable bonds is 4. The Morgan fingerprint density at radius 1 is 1.56 bits per heavy atom. The van der Waals surface area contributed by atoms with E-state index in [9.17, 15) is 10.1 Å². The van der Waals surface area contributed by atoms with E-state index in [1.807, 2.05) is 0 Å². The Hall–Kier alpha value is -1.21. The largest absolute Gasteiger partial charge is 0.482 e. The quantitative estimate of drug-likeness (QED) is 0.679. The lowest BCUT2D eigenvalue weighted by molar-refractivity contribution is -0.386. The van der Waals surface area contributed by atoms with E-state index in [-0.39, 0.29) is 23.5 Å². The summed E-state index contributed by atoms with van der Waals surface area (Å²) < 4.78 is 6.29. The van der Waals surface area contributed by atoms with Crippen molar-refractivity contribution in [1.29, 1.82) is 0 Å². The minimum atomic E-state index is -0.487. The Morgan fingerprint density at radius 2 is 2.33 bits per heavy atom. The van der Waals surface area contributed by atoms with Crippen LogP contribution < -0.4 is 10.5 Å². The van der Waals surface area contributed by atoms with E-state index in [0.717, 1.165) is 19.3 Å². The molecule has 7 heteroatoms. The molecule has 1 aliphatic rings. The monoisotopic (exact) mass is 315 g/mol. The third-order valence-corrected chi connectivity index (χ3v) is 3.76. The SMILES string of the molecule is NCC1CCCC1Oc1c(Br)cncc1[N+](=O)[O-]. The molecule has 1 aromatic rings. The van der Waals surface area contributed by atoms with Crippen molar-refractivity contribution in [3.05, 3.63) is 27.0 Å². The molecule has 0 aromatic carbocycles. The van der Waals surface area contributed by atoms with Crippen LogP contribution in [0.4, 0.5) is 5.69 Å². The van der Waals surface area contributed by atoms with Gasteiger partial charge in [-0.15, -0.1) is 0 Å².